The second kappa shape index (κ2) is 7.20. The molecule has 0 unspecified atom stereocenters. The molecular formula is C12H26N2O. The van der Waals surface area contributed by atoms with Crippen molar-refractivity contribution in [1.29, 1.82) is 0 Å². The minimum Gasteiger partial charge on any atom is -0.396 e. The largest absolute Gasteiger partial charge is 0.396 e. The van der Waals surface area contributed by atoms with Crippen LogP contribution in [0.4, 0.5) is 0 Å². The molecule has 3 heteroatoms. The molecule has 0 atom stereocenters. The molecule has 0 aliphatic heterocycles. The van der Waals surface area contributed by atoms with E-state index in [1.165, 1.54) is 25.7 Å². The third kappa shape index (κ3) is 4.49. The number of rotatable bonds is 6. The summed E-state index contributed by atoms with van der Waals surface area (Å²) >= 11 is 0. The van der Waals surface area contributed by atoms with Crippen LogP contribution < -0.4 is 5.32 Å². The molecular weight excluding hydrogens is 188 g/mol. The zero-order valence-electron chi connectivity index (χ0n) is 10.2. The first-order valence-corrected chi connectivity index (χ1v) is 6.26. The lowest BCUT2D eigenvalue weighted by Crippen LogP contribution is -2.40. The molecule has 0 spiro atoms. The van der Waals surface area contributed by atoms with Gasteiger partial charge in [0.2, 0.25) is 0 Å². The summed E-state index contributed by atoms with van der Waals surface area (Å²) in [6.07, 6.45) is 7.33. The third-order valence-electron chi connectivity index (χ3n) is 3.65. The van der Waals surface area contributed by atoms with Crippen LogP contribution in [0.1, 0.15) is 38.5 Å². The molecule has 0 bridgehead atoms. The first-order valence-electron chi connectivity index (χ1n) is 6.26. The van der Waals surface area contributed by atoms with E-state index in [1.54, 1.807) is 0 Å². The van der Waals surface area contributed by atoms with Gasteiger partial charge in [0.25, 0.3) is 0 Å². The number of nitrogens with zero attached hydrogens (tertiary/aromatic N) is 1. The summed E-state index contributed by atoms with van der Waals surface area (Å²) in [7, 11) is 4.29. The van der Waals surface area contributed by atoms with Gasteiger partial charge < -0.3 is 15.3 Å². The molecule has 0 aromatic heterocycles. The topological polar surface area (TPSA) is 35.5 Å². The van der Waals surface area contributed by atoms with Gasteiger partial charge >= 0.3 is 0 Å². The molecule has 0 aromatic rings. The summed E-state index contributed by atoms with van der Waals surface area (Å²) in [4.78, 5) is 2.47. The molecule has 0 aromatic carbocycles. The van der Waals surface area contributed by atoms with Crippen molar-refractivity contribution in [3.05, 3.63) is 0 Å². The highest BCUT2D eigenvalue weighted by Crippen LogP contribution is 2.22. The van der Waals surface area contributed by atoms with Gasteiger partial charge in [-0.25, -0.2) is 0 Å². The Morgan fingerprint density at radius 3 is 2.40 bits per heavy atom. The van der Waals surface area contributed by atoms with Crippen molar-refractivity contribution < 1.29 is 5.11 Å². The SMILES string of the molecule is CNC1CCC(N(C)CCCCO)CC1. The second-order valence-corrected chi connectivity index (χ2v) is 4.71. The lowest BCUT2D eigenvalue weighted by molar-refractivity contribution is 0.169. The van der Waals surface area contributed by atoms with Crippen LogP contribution in [0.3, 0.4) is 0 Å². The maximum atomic E-state index is 8.73. The highest BCUT2D eigenvalue weighted by atomic mass is 16.2. The number of aliphatic hydroxyl groups excluding tert-OH is 1. The van der Waals surface area contributed by atoms with E-state index in [4.69, 9.17) is 5.11 Å². The number of hydrogen-bond acceptors (Lipinski definition) is 3. The average molecular weight is 214 g/mol. The van der Waals surface area contributed by atoms with Gasteiger partial charge in [-0.05, 0) is 59.2 Å². The van der Waals surface area contributed by atoms with Crippen LogP contribution in [0.25, 0.3) is 0 Å². The number of aliphatic hydroxyl groups is 1. The summed E-state index contributed by atoms with van der Waals surface area (Å²) in [5, 5.41) is 12.1. The molecule has 0 saturated heterocycles. The Morgan fingerprint density at radius 2 is 1.87 bits per heavy atom. The highest BCUT2D eigenvalue weighted by Gasteiger charge is 2.22. The van der Waals surface area contributed by atoms with Gasteiger partial charge in [0.05, 0.1) is 0 Å². The fourth-order valence-electron chi connectivity index (χ4n) is 2.46. The van der Waals surface area contributed by atoms with Crippen LogP contribution in [-0.2, 0) is 0 Å². The summed E-state index contributed by atoms with van der Waals surface area (Å²) in [5.74, 6) is 0. The number of unbranched alkanes of at least 4 members (excludes halogenated alkanes) is 1. The monoisotopic (exact) mass is 214 g/mol. The molecule has 0 amide bonds. The first-order chi connectivity index (χ1) is 7.27. The Labute approximate surface area is 93.9 Å². The Bertz CT molecular complexity index is 156. The summed E-state index contributed by atoms with van der Waals surface area (Å²) < 4.78 is 0. The molecule has 90 valence electrons. The molecule has 2 N–H and O–H groups in total. The molecule has 15 heavy (non-hydrogen) atoms. The van der Waals surface area contributed by atoms with Crippen LogP contribution in [0.2, 0.25) is 0 Å². The van der Waals surface area contributed by atoms with E-state index >= 15 is 0 Å². The molecule has 1 saturated carbocycles. The van der Waals surface area contributed by atoms with Gasteiger partial charge in [0, 0.05) is 18.7 Å². The Kier molecular flexibility index (Phi) is 6.22. The van der Waals surface area contributed by atoms with E-state index in [9.17, 15) is 0 Å². The maximum absolute atomic E-state index is 8.73. The van der Waals surface area contributed by atoms with E-state index in [0.29, 0.717) is 6.61 Å². The lowest BCUT2D eigenvalue weighted by Gasteiger charge is -2.34. The van der Waals surface area contributed by atoms with Crippen molar-refractivity contribution in [2.45, 2.75) is 50.6 Å². The van der Waals surface area contributed by atoms with Crippen molar-refractivity contribution >= 4 is 0 Å². The van der Waals surface area contributed by atoms with Crippen LogP contribution in [0.15, 0.2) is 0 Å². The summed E-state index contributed by atoms with van der Waals surface area (Å²) in [5.41, 5.74) is 0. The minimum atomic E-state index is 0.334. The fourth-order valence-corrected chi connectivity index (χ4v) is 2.46. The van der Waals surface area contributed by atoms with Gasteiger partial charge in [-0.2, -0.15) is 0 Å². The van der Waals surface area contributed by atoms with Crippen molar-refractivity contribution in [2.75, 3.05) is 27.2 Å². The average Bonchev–Trinajstić information content (AvgIpc) is 2.29. The van der Waals surface area contributed by atoms with E-state index in [0.717, 1.165) is 31.5 Å². The predicted molar refractivity (Wildman–Crippen MR) is 64.1 cm³/mol. The van der Waals surface area contributed by atoms with Gasteiger partial charge in [0.15, 0.2) is 0 Å². The molecule has 1 aliphatic carbocycles. The molecule has 3 nitrogen and oxygen atoms in total. The van der Waals surface area contributed by atoms with E-state index < -0.39 is 0 Å². The second-order valence-electron chi connectivity index (χ2n) is 4.71. The van der Waals surface area contributed by atoms with E-state index in [1.807, 2.05) is 0 Å². The maximum Gasteiger partial charge on any atom is 0.0431 e. The Balaban J connectivity index is 2.15. The zero-order valence-corrected chi connectivity index (χ0v) is 10.2. The van der Waals surface area contributed by atoms with Gasteiger partial charge in [-0.1, -0.05) is 0 Å². The number of hydrogen-bond donors (Lipinski definition) is 2. The number of nitrogens with one attached hydrogen (secondary N) is 1. The normalized spacial score (nSPS) is 27.2. The van der Waals surface area contributed by atoms with Crippen molar-refractivity contribution in [3.63, 3.8) is 0 Å². The fraction of sp³-hybridized carbons (Fsp3) is 1.00. The van der Waals surface area contributed by atoms with E-state index in [-0.39, 0.29) is 0 Å². The molecule has 0 heterocycles. The Morgan fingerprint density at radius 1 is 1.20 bits per heavy atom. The van der Waals surface area contributed by atoms with Gasteiger partial charge in [-0.3, -0.25) is 0 Å². The smallest absolute Gasteiger partial charge is 0.0431 e. The molecule has 0 radical (unpaired) electrons. The standard InChI is InChI=1S/C12H26N2O/c1-13-11-5-7-12(8-6-11)14(2)9-3-4-10-15/h11-13,15H,3-10H2,1-2H3. The van der Waals surface area contributed by atoms with Crippen LogP contribution in [-0.4, -0.2) is 49.3 Å². The van der Waals surface area contributed by atoms with Gasteiger partial charge in [-0.15, -0.1) is 0 Å². The Hall–Kier alpha value is -0.120. The van der Waals surface area contributed by atoms with Crippen LogP contribution in [0.5, 0.6) is 0 Å². The first kappa shape index (κ1) is 12.9. The molecule has 1 rings (SSSR count). The minimum absolute atomic E-state index is 0.334. The van der Waals surface area contributed by atoms with Crippen LogP contribution in [0, 0.1) is 0 Å². The summed E-state index contributed by atoms with van der Waals surface area (Å²) in [6, 6.07) is 1.51. The molecule has 1 aliphatic rings. The van der Waals surface area contributed by atoms with Crippen molar-refractivity contribution in [3.8, 4) is 0 Å². The third-order valence-corrected chi connectivity index (χ3v) is 3.65. The zero-order chi connectivity index (χ0) is 11.1. The molecule has 1 fully saturated rings. The van der Waals surface area contributed by atoms with Gasteiger partial charge in [0.1, 0.15) is 0 Å². The van der Waals surface area contributed by atoms with Crippen molar-refractivity contribution in [1.82, 2.24) is 10.2 Å². The lowest BCUT2D eigenvalue weighted by atomic mass is 9.90. The quantitative estimate of drug-likeness (QED) is 0.653. The van der Waals surface area contributed by atoms with E-state index in [2.05, 4.69) is 24.3 Å². The van der Waals surface area contributed by atoms with Crippen molar-refractivity contribution in [2.24, 2.45) is 0 Å². The predicted octanol–water partition coefficient (Wildman–Crippen LogP) is 1.22. The van der Waals surface area contributed by atoms with Crippen LogP contribution >= 0.6 is 0 Å². The highest BCUT2D eigenvalue weighted by molar-refractivity contribution is 4.80. The summed E-state index contributed by atoms with van der Waals surface area (Å²) in [6.45, 7) is 1.47.